The molecule has 0 fully saturated rings. The van der Waals surface area contributed by atoms with Crippen molar-refractivity contribution in [1.29, 1.82) is 0 Å². The van der Waals surface area contributed by atoms with Gasteiger partial charge >= 0.3 is 0 Å². The van der Waals surface area contributed by atoms with Gasteiger partial charge in [-0.3, -0.25) is 4.57 Å². The second kappa shape index (κ2) is 5.36. The Morgan fingerprint density at radius 2 is 1.81 bits per heavy atom. The first-order valence-electron chi connectivity index (χ1n) is 6.78. The molecule has 0 spiro atoms. The SMILES string of the molecule is CCOc1ccc(-n2c(N)nc3cc(OC)ccc32)cc1. The third kappa shape index (κ3) is 2.38. The van der Waals surface area contributed by atoms with Crippen molar-refractivity contribution in [1.82, 2.24) is 9.55 Å². The number of imidazole rings is 1. The number of aromatic nitrogens is 2. The Labute approximate surface area is 122 Å². The van der Waals surface area contributed by atoms with Gasteiger partial charge in [-0.05, 0) is 43.3 Å². The molecule has 0 saturated heterocycles. The van der Waals surface area contributed by atoms with E-state index in [4.69, 9.17) is 15.2 Å². The Kier molecular flexibility index (Phi) is 3.39. The van der Waals surface area contributed by atoms with E-state index in [9.17, 15) is 0 Å². The maximum atomic E-state index is 6.05. The fourth-order valence-electron chi connectivity index (χ4n) is 2.34. The molecule has 0 bridgehead atoms. The monoisotopic (exact) mass is 283 g/mol. The summed E-state index contributed by atoms with van der Waals surface area (Å²) >= 11 is 0. The Bertz CT molecular complexity index is 763. The van der Waals surface area contributed by atoms with Gasteiger partial charge in [0.25, 0.3) is 0 Å². The average molecular weight is 283 g/mol. The van der Waals surface area contributed by atoms with Gasteiger partial charge in [-0.25, -0.2) is 4.98 Å². The number of hydrogen-bond donors (Lipinski definition) is 1. The fourth-order valence-corrected chi connectivity index (χ4v) is 2.34. The first-order valence-corrected chi connectivity index (χ1v) is 6.78. The van der Waals surface area contributed by atoms with E-state index in [1.807, 2.05) is 54.0 Å². The summed E-state index contributed by atoms with van der Waals surface area (Å²) in [6.07, 6.45) is 0. The summed E-state index contributed by atoms with van der Waals surface area (Å²) < 4.78 is 12.6. The van der Waals surface area contributed by atoms with Crippen LogP contribution in [0.15, 0.2) is 42.5 Å². The van der Waals surface area contributed by atoms with E-state index in [0.29, 0.717) is 12.6 Å². The lowest BCUT2D eigenvalue weighted by Crippen LogP contribution is -2.00. The van der Waals surface area contributed by atoms with Gasteiger partial charge in [0.05, 0.1) is 24.8 Å². The van der Waals surface area contributed by atoms with Crippen LogP contribution in [0.3, 0.4) is 0 Å². The highest BCUT2D eigenvalue weighted by Crippen LogP contribution is 2.27. The molecule has 3 aromatic rings. The minimum absolute atomic E-state index is 0.447. The van der Waals surface area contributed by atoms with Crippen molar-refractivity contribution in [3.05, 3.63) is 42.5 Å². The van der Waals surface area contributed by atoms with Crippen molar-refractivity contribution < 1.29 is 9.47 Å². The lowest BCUT2D eigenvalue weighted by molar-refractivity contribution is 0.340. The second-order valence-corrected chi connectivity index (χ2v) is 4.59. The quantitative estimate of drug-likeness (QED) is 0.799. The molecule has 0 unspecified atom stereocenters. The van der Waals surface area contributed by atoms with Crippen LogP contribution in [-0.4, -0.2) is 23.3 Å². The molecule has 0 aliphatic rings. The molecule has 0 atom stereocenters. The molecule has 2 aromatic carbocycles. The maximum Gasteiger partial charge on any atom is 0.205 e. The number of nitrogen functional groups attached to an aromatic ring is 1. The van der Waals surface area contributed by atoms with Crippen molar-refractivity contribution in [2.45, 2.75) is 6.92 Å². The normalized spacial score (nSPS) is 10.8. The minimum atomic E-state index is 0.447. The molecule has 1 heterocycles. The number of methoxy groups -OCH3 is 1. The third-order valence-electron chi connectivity index (χ3n) is 3.29. The van der Waals surface area contributed by atoms with Crippen molar-refractivity contribution in [3.63, 3.8) is 0 Å². The Hall–Kier alpha value is -2.69. The summed E-state index contributed by atoms with van der Waals surface area (Å²) in [4.78, 5) is 4.39. The predicted molar refractivity (Wildman–Crippen MR) is 83.2 cm³/mol. The van der Waals surface area contributed by atoms with Gasteiger partial charge in [-0.1, -0.05) is 0 Å². The van der Waals surface area contributed by atoms with Crippen molar-refractivity contribution >= 4 is 17.0 Å². The van der Waals surface area contributed by atoms with Gasteiger partial charge in [-0.15, -0.1) is 0 Å². The Balaban J connectivity index is 2.08. The molecule has 5 heteroatoms. The zero-order valence-corrected chi connectivity index (χ0v) is 12.0. The molecule has 0 amide bonds. The number of rotatable bonds is 4. The number of anilines is 1. The summed E-state index contributed by atoms with van der Waals surface area (Å²) in [6.45, 7) is 2.61. The highest BCUT2D eigenvalue weighted by molar-refractivity contribution is 5.82. The number of hydrogen-bond acceptors (Lipinski definition) is 4. The number of nitrogens with two attached hydrogens (primary N) is 1. The summed E-state index contributed by atoms with van der Waals surface area (Å²) in [5.74, 6) is 2.05. The van der Waals surface area contributed by atoms with Crippen LogP contribution in [0, 0.1) is 0 Å². The van der Waals surface area contributed by atoms with E-state index in [0.717, 1.165) is 28.2 Å². The summed E-state index contributed by atoms with van der Waals surface area (Å²) in [5.41, 5.74) is 8.75. The molecule has 3 rings (SSSR count). The van der Waals surface area contributed by atoms with Crippen LogP contribution in [0.1, 0.15) is 6.92 Å². The maximum absolute atomic E-state index is 6.05. The molecule has 0 aliphatic heterocycles. The van der Waals surface area contributed by atoms with Crippen LogP contribution >= 0.6 is 0 Å². The minimum Gasteiger partial charge on any atom is -0.497 e. The Morgan fingerprint density at radius 1 is 1.10 bits per heavy atom. The molecule has 0 radical (unpaired) electrons. The first-order chi connectivity index (χ1) is 10.2. The van der Waals surface area contributed by atoms with Crippen LogP contribution in [0.25, 0.3) is 16.7 Å². The van der Waals surface area contributed by atoms with E-state index < -0.39 is 0 Å². The molecule has 1 aromatic heterocycles. The van der Waals surface area contributed by atoms with Gasteiger partial charge in [0.2, 0.25) is 5.95 Å². The first kappa shape index (κ1) is 13.3. The van der Waals surface area contributed by atoms with E-state index in [1.165, 1.54) is 0 Å². The van der Waals surface area contributed by atoms with Crippen molar-refractivity contribution in [2.24, 2.45) is 0 Å². The van der Waals surface area contributed by atoms with E-state index in [-0.39, 0.29) is 0 Å². The summed E-state index contributed by atoms with van der Waals surface area (Å²) in [5, 5.41) is 0. The fraction of sp³-hybridized carbons (Fsp3) is 0.188. The third-order valence-corrected chi connectivity index (χ3v) is 3.29. The van der Waals surface area contributed by atoms with Crippen LogP contribution in [0.5, 0.6) is 11.5 Å². The largest absolute Gasteiger partial charge is 0.497 e. The van der Waals surface area contributed by atoms with E-state index in [1.54, 1.807) is 7.11 Å². The molecule has 0 aliphatic carbocycles. The summed E-state index contributed by atoms with van der Waals surface area (Å²) in [6, 6.07) is 13.5. The lowest BCUT2D eigenvalue weighted by atomic mass is 10.2. The van der Waals surface area contributed by atoms with Crippen LogP contribution in [0.4, 0.5) is 5.95 Å². The molecule has 5 nitrogen and oxygen atoms in total. The number of fused-ring (bicyclic) bond motifs is 1. The zero-order valence-electron chi connectivity index (χ0n) is 12.0. The Morgan fingerprint density at radius 3 is 2.48 bits per heavy atom. The lowest BCUT2D eigenvalue weighted by Gasteiger charge is -2.08. The van der Waals surface area contributed by atoms with E-state index >= 15 is 0 Å². The number of benzene rings is 2. The van der Waals surface area contributed by atoms with Crippen LogP contribution in [0.2, 0.25) is 0 Å². The van der Waals surface area contributed by atoms with Gasteiger partial charge in [0.15, 0.2) is 0 Å². The topological polar surface area (TPSA) is 62.3 Å². The molecular formula is C16H17N3O2. The average Bonchev–Trinajstić information content (AvgIpc) is 2.83. The standard InChI is InChI=1S/C16H17N3O2/c1-3-21-12-6-4-11(5-7-12)19-15-9-8-13(20-2)10-14(15)18-16(19)17/h4-10H,3H2,1-2H3,(H2,17,18). The molecule has 21 heavy (non-hydrogen) atoms. The smallest absolute Gasteiger partial charge is 0.205 e. The van der Waals surface area contributed by atoms with Crippen LogP contribution in [-0.2, 0) is 0 Å². The number of ether oxygens (including phenoxy) is 2. The van der Waals surface area contributed by atoms with Gasteiger partial charge in [-0.2, -0.15) is 0 Å². The summed E-state index contributed by atoms with van der Waals surface area (Å²) in [7, 11) is 1.63. The molecule has 0 saturated carbocycles. The molecule has 108 valence electrons. The van der Waals surface area contributed by atoms with Crippen molar-refractivity contribution in [2.75, 3.05) is 19.5 Å². The second-order valence-electron chi connectivity index (χ2n) is 4.59. The van der Waals surface area contributed by atoms with Crippen LogP contribution < -0.4 is 15.2 Å². The van der Waals surface area contributed by atoms with Crippen molar-refractivity contribution in [3.8, 4) is 17.2 Å². The van der Waals surface area contributed by atoms with E-state index in [2.05, 4.69) is 4.98 Å². The van der Waals surface area contributed by atoms with Gasteiger partial charge in [0, 0.05) is 11.8 Å². The molecular weight excluding hydrogens is 266 g/mol. The highest BCUT2D eigenvalue weighted by Gasteiger charge is 2.10. The van der Waals surface area contributed by atoms with Gasteiger partial charge < -0.3 is 15.2 Å². The highest BCUT2D eigenvalue weighted by atomic mass is 16.5. The molecule has 2 N–H and O–H groups in total. The predicted octanol–water partition coefficient (Wildman–Crippen LogP) is 3.02. The van der Waals surface area contributed by atoms with Gasteiger partial charge in [0.1, 0.15) is 11.5 Å². The number of nitrogens with zero attached hydrogens (tertiary/aromatic N) is 2. The zero-order chi connectivity index (χ0) is 14.8.